The van der Waals surface area contributed by atoms with Crippen molar-refractivity contribution in [1.29, 1.82) is 0 Å². The Bertz CT molecular complexity index is 719. The van der Waals surface area contributed by atoms with E-state index >= 15 is 0 Å². The molecule has 0 fully saturated rings. The monoisotopic (exact) mass is 345 g/mol. The normalized spacial score (nSPS) is 12.9. The lowest BCUT2D eigenvalue weighted by Gasteiger charge is -2.19. The number of aromatic carboxylic acids is 1. The summed E-state index contributed by atoms with van der Waals surface area (Å²) < 4.78 is 4.99. The van der Waals surface area contributed by atoms with Gasteiger partial charge in [0.25, 0.3) is 0 Å². The zero-order valence-electron chi connectivity index (χ0n) is 13.3. The average molecular weight is 345 g/mol. The van der Waals surface area contributed by atoms with E-state index in [4.69, 9.17) is 9.84 Å². The van der Waals surface area contributed by atoms with E-state index in [0.29, 0.717) is 0 Å². The third kappa shape index (κ3) is 5.59. The molecule has 0 aliphatic carbocycles. The molecule has 2 aromatic rings. The molecule has 4 N–H and O–H groups in total. The van der Waals surface area contributed by atoms with Gasteiger partial charge in [0, 0.05) is 6.54 Å². The number of carbonyl (C=O) groups is 2. The number of ether oxygens (including phenoxy) is 1. The average Bonchev–Trinajstić information content (AvgIpc) is 2.64. The largest absolute Gasteiger partial charge is 0.478 e. The molecule has 7 nitrogen and oxygen atoms in total. The van der Waals surface area contributed by atoms with Crippen LogP contribution in [-0.2, 0) is 11.3 Å². The highest BCUT2D eigenvalue weighted by Gasteiger charge is 2.20. The van der Waals surface area contributed by atoms with Crippen LogP contribution in [0.2, 0.25) is 0 Å². The molecule has 0 aromatic heterocycles. The van der Waals surface area contributed by atoms with Crippen molar-refractivity contribution in [1.82, 2.24) is 5.32 Å². The van der Waals surface area contributed by atoms with Crippen molar-refractivity contribution in [2.24, 2.45) is 0 Å². The molecule has 132 valence electrons. The zero-order valence-corrected chi connectivity index (χ0v) is 13.3. The van der Waals surface area contributed by atoms with Gasteiger partial charge in [-0.15, -0.1) is 0 Å². The number of rotatable bonds is 7. The smallest absolute Gasteiger partial charge is 0.407 e. The zero-order chi connectivity index (χ0) is 18.2. The minimum atomic E-state index is -1.34. The van der Waals surface area contributed by atoms with Crippen LogP contribution in [0.5, 0.6) is 0 Å². The minimum absolute atomic E-state index is 0.000944. The lowest BCUT2D eigenvalue weighted by molar-refractivity contribution is 0.0183. The summed E-state index contributed by atoms with van der Waals surface area (Å²) in [5.74, 6) is -1.13. The van der Waals surface area contributed by atoms with E-state index < -0.39 is 24.3 Å². The SMILES string of the molecule is O=C(NCC(O)C(O)c1cccc(C(=O)O)c1)OCc1ccccc1. The van der Waals surface area contributed by atoms with Crippen molar-refractivity contribution in [2.75, 3.05) is 6.54 Å². The molecule has 0 radical (unpaired) electrons. The fourth-order valence-electron chi connectivity index (χ4n) is 2.15. The van der Waals surface area contributed by atoms with Gasteiger partial charge in [0.05, 0.1) is 5.56 Å². The van der Waals surface area contributed by atoms with E-state index in [1.165, 1.54) is 24.3 Å². The molecule has 2 unspecified atom stereocenters. The molecule has 7 heteroatoms. The molecule has 0 aliphatic rings. The summed E-state index contributed by atoms with van der Waals surface area (Å²) in [4.78, 5) is 22.6. The van der Waals surface area contributed by atoms with Crippen molar-refractivity contribution in [3.8, 4) is 0 Å². The lowest BCUT2D eigenvalue weighted by atomic mass is 10.0. The predicted molar refractivity (Wildman–Crippen MR) is 89.0 cm³/mol. The number of hydrogen-bond donors (Lipinski definition) is 4. The molecule has 1 amide bonds. The van der Waals surface area contributed by atoms with Gasteiger partial charge in [0.2, 0.25) is 0 Å². The van der Waals surface area contributed by atoms with Gasteiger partial charge < -0.3 is 25.4 Å². The first-order valence-electron chi connectivity index (χ1n) is 7.61. The molecular formula is C18H19NO6. The first kappa shape index (κ1) is 18.4. The number of aliphatic hydroxyl groups excluding tert-OH is 2. The van der Waals surface area contributed by atoms with Gasteiger partial charge >= 0.3 is 12.1 Å². The second-order valence-electron chi connectivity index (χ2n) is 5.39. The number of carbonyl (C=O) groups excluding carboxylic acids is 1. The summed E-state index contributed by atoms with van der Waals surface area (Å²) in [7, 11) is 0. The van der Waals surface area contributed by atoms with Gasteiger partial charge in [0.1, 0.15) is 18.8 Å². The summed E-state index contributed by atoms with van der Waals surface area (Å²) in [6.07, 6.45) is -3.38. The van der Waals surface area contributed by atoms with Crippen LogP contribution >= 0.6 is 0 Å². The number of nitrogens with one attached hydrogen (secondary N) is 1. The van der Waals surface area contributed by atoms with Crippen LogP contribution in [-0.4, -0.2) is 40.0 Å². The Morgan fingerprint density at radius 1 is 1.04 bits per heavy atom. The Morgan fingerprint density at radius 3 is 2.44 bits per heavy atom. The molecular weight excluding hydrogens is 326 g/mol. The van der Waals surface area contributed by atoms with E-state index in [9.17, 15) is 19.8 Å². The third-order valence-corrected chi connectivity index (χ3v) is 3.51. The Hall–Kier alpha value is -2.90. The number of hydrogen-bond acceptors (Lipinski definition) is 5. The third-order valence-electron chi connectivity index (χ3n) is 3.51. The Morgan fingerprint density at radius 2 is 1.76 bits per heavy atom. The second kappa shape index (κ2) is 8.81. The highest BCUT2D eigenvalue weighted by molar-refractivity contribution is 5.87. The van der Waals surface area contributed by atoms with Gasteiger partial charge in [-0.3, -0.25) is 0 Å². The maximum atomic E-state index is 11.6. The van der Waals surface area contributed by atoms with E-state index in [1.807, 2.05) is 18.2 Å². The summed E-state index contributed by atoms with van der Waals surface area (Å²) in [5, 5.41) is 31.3. The Balaban J connectivity index is 1.82. The number of carboxylic acid groups (broad SMARTS) is 1. The van der Waals surface area contributed by atoms with Gasteiger partial charge in [-0.2, -0.15) is 0 Å². The quantitative estimate of drug-likeness (QED) is 0.607. The van der Waals surface area contributed by atoms with Gasteiger partial charge in [-0.25, -0.2) is 9.59 Å². The molecule has 0 saturated carbocycles. The van der Waals surface area contributed by atoms with Crippen LogP contribution in [0.4, 0.5) is 4.79 Å². The van der Waals surface area contributed by atoms with Gasteiger partial charge in [0.15, 0.2) is 0 Å². The summed E-state index contributed by atoms with van der Waals surface area (Å²) in [6, 6.07) is 14.7. The first-order chi connectivity index (χ1) is 12.0. The second-order valence-corrected chi connectivity index (χ2v) is 5.39. The maximum Gasteiger partial charge on any atom is 0.407 e. The van der Waals surface area contributed by atoms with E-state index in [-0.39, 0.29) is 24.3 Å². The molecule has 0 bridgehead atoms. The molecule has 0 saturated heterocycles. The van der Waals surface area contributed by atoms with E-state index in [2.05, 4.69) is 5.32 Å². The molecule has 25 heavy (non-hydrogen) atoms. The van der Waals surface area contributed by atoms with Crippen molar-refractivity contribution in [3.05, 3.63) is 71.3 Å². The maximum absolute atomic E-state index is 11.6. The Kier molecular flexibility index (Phi) is 6.50. The van der Waals surface area contributed by atoms with Crippen LogP contribution in [0, 0.1) is 0 Å². The summed E-state index contributed by atoms with van der Waals surface area (Å²) in [5.41, 5.74) is 1.06. The van der Waals surface area contributed by atoms with Crippen molar-refractivity contribution in [2.45, 2.75) is 18.8 Å². The number of benzene rings is 2. The topological polar surface area (TPSA) is 116 Å². The predicted octanol–water partition coefficient (Wildman–Crippen LogP) is 1.71. The molecule has 0 spiro atoms. The highest BCUT2D eigenvalue weighted by Crippen LogP contribution is 2.18. The fourth-order valence-corrected chi connectivity index (χ4v) is 2.15. The van der Waals surface area contributed by atoms with Crippen LogP contribution in [0.1, 0.15) is 27.6 Å². The van der Waals surface area contributed by atoms with Crippen LogP contribution < -0.4 is 5.32 Å². The van der Waals surface area contributed by atoms with E-state index in [0.717, 1.165) is 5.56 Å². The summed E-state index contributed by atoms with van der Waals surface area (Å²) >= 11 is 0. The first-order valence-corrected chi connectivity index (χ1v) is 7.61. The number of aliphatic hydroxyl groups is 2. The van der Waals surface area contributed by atoms with Crippen molar-refractivity contribution in [3.63, 3.8) is 0 Å². The van der Waals surface area contributed by atoms with Gasteiger partial charge in [-0.1, -0.05) is 42.5 Å². The lowest BCUT2D eigenvalue weighted by Crippen LogP contribution is -2.35. The molecule has 0 aliphatic heterocycles. The summed E-state index contributed by atoms with van der Waals surface area (Å²) in [6.45, 7) is -0.155. The van der Waals surface area contributed by atoms with Crippen LogP contribution in [0.25, 0.3) is 0 Å². The van der Waals surface area contributed by atoms with Gasteiger partial charge in [-0.05, 0) is 23.3 Å². The molecule has 2 rings (SSSR count). The van der Waals surface area contributed by atoms with Crippen LogP contribution in [0.15, 0.2) is 54.6 Å². The number of amides is 1. The number of alkyl carbamates (subject to hydrolysis) is 1. The van der Waals surface area contributed by atoms with Crippen molar-refractivity contribution < 1.29 is 29.6 Å². The molecule has 0 heterocycles. The van der Waals surface area contributed by atoms with Crippen molar-refractivity contribution >= 4 is 12.1 Å². The van der Waals surface area contributed by atoms with E-state index in [1.54, 1.807) is 12.1 Å². The molecule has 2 atom stereocenters. The van der Waals surface area contributed by atoms with Crippen LogP contribution in [0.3, 0.4) is 0 Å². The number of carboxylic acids is 1. The molecule has 2 aromatic carbocycles. The minimum Gasteiger partial charge on any atom is -0.478 e. The highest BCUT2D eigenvalue weighted by atomic mass is 16.5. The fraction of sp³-hybridized carbons (Fsp3) is 0.222. The Labute approximate surface area is 144 Å². The standard InChI is InChI=1S/C18H19NO6/c20-15(16(21)13-7-4-8-14(9-13)17(22)23)10-19-18(24)25-11-12-5-2-1-3-6-12/h1-9,15-16,20-21H,10-11H2,(H,19,24)(H,22,23).